The lowest BCUT2D eigenvalue weighted by Crippen LogP contribution is -2.39. The lowest BCUT2D eigenvalue weighted by Gasteiger charge is -2.31. The summed E-state index contributed by atoms with van der Waals surface area (Å²) in [6.45, 7) is 1.22. The second-order valence-corrected chi connectivity index (χ2v) is 6.90. The summed E-state index contributed by atoms with van der Waals surface area (Å²) in [6, 6.07) is 9.82. The second-order valence-electron chi connectivity index (χ2n) is 6.05. The summed E-state index contributed by atoms with van der Waals surface area (Å²) >= 11 is 1.47. The van der Waals surface area contributed by atoms with Crippen LogP contribution in [-0.4, -0.2) is 44.1 Å². The Morgan fingerprint density at radius 3 is 2.88 bits per heavy atom. The topological polar surface area (TPSA) is 94.7 Å². The predicted octanol–water partition coefficient (Wildman–Crippen LogP) is 2.24. The molecule has 2 N–H and O–H groups in total. The minimum absolute atomic E-state index is 0.0375. The zero-order valence-electron chi connectivity index (χ0n) is 13.4. The van der Waals surface area contributed by atoms with Crippen LogP contribution in [0.25, 0.3) is 10.4 Å². The van der Waals surface area contributed by atoms with Crippen molar-refractivity contribution in [3.63, 3.8) is 0 Å². The van der Waals surface area contributed by atoms with Gasteiger partial charge in [0, 0.05) is 19.0 Å². The molecule has 25 heavy (non-hydrogen) atoms. The van der Waals surface area contributed by atoms with Gasteiger partial charge in [0.15, 0.2) is 0 Å². The van der Waals surface area contributed by atoms with Crippen LogP contribution in [0.1, 0.15) is 35.1 Å². The molecule has 3 heterocycles. The van der Waals surface area contributed by atoms with Crippen LogP contribution in [0.15, 0.2) is 40.6 Å². The molecule has 1 amide bonds. The third kappa shape index (κ3) is 3.12. The number of aromatic nitrogens is 4. The number of nitrogens with one attached hydrogen (secondary N) is 2. The molecule has 1 saturated heterocycles. The number of rotatable bonds is 3. The van der Waals surface area contributed by atoms with E-state index in [0.717, 1.165) is 23.3 Å². The fourth-order valence-electron chi connectivity index (χ4n) is 3.20. The number of nitrogens with zero attached hydrogens (tertiary/aromatic N) is 3. The first-order valence-electron chi connectivity index (χ1n) is 8.15. The first kappa shape index (κ1) is 15.8. The highest BCUT2D eigenvalue weighted by atomic mass is 32.1. The number of hydrogen-bond donors (Lipinski definition) is 2. The molecule has 1 aliphatic rings. The Morgan fingerprint density at radius 1 is 1.28 bits per heavy atom. The Kier molecular flexibility index (Phi) is 4.19. The number of carbonyl (C=O) groups excluding carboxylic acids is 1. The first-order valence-corrected chi connectivity index (χ1v) is 9.03. The molecule has 1 atom stereocenters. The lowest BCUT2D eigenvalue weighted by atomic mass is 9.97. The third-order valence-electron chi connectivity index (χ3n) is 4.42. The molecule has 4 rings (SSSR count). The van der Waals surface area contributed by atoms with Crippen LogP contribution >= 0.6 is 11.3 Å². The largest absolute Gasteiger partial charge is 0.340 e. The molecule has 0 aliphatic carbocycles. The van der Waals surface area contributed by atoms with Crippen molar-refractivity contribution in [3.05, 3.63) is 57.8 Å². The molecular weight excluding hydrogens is 338 g/mol. The van der Waals surface area contributed by atoms with E-state index in [-0.39, 0.29) is 17.5 Å². The van der Waals surface area contributed by atoms with Crippen molar-refractivity contribution in [1.29, 1.82) is 0 Å². The molecule has 1 aromatic carbocycles. The highest BCUT2D eigenvalue weighted by molar-refractivity contribution is 7.13. The molecule has 8 heteroatoms. The lowest BCUT2D eigenvalue weighted by molar-refractivity contribution is 0.0700. The van der Waals surface area contributed by atoms with Gasteiger partial charge in [-0.25, -0.2) is 14.9 Å². The molecule has 0 bridgehead atoms. The van der Waals surface area contributed by atoms with E-state index in [1.807, 2.05) is 35.2 Å². The minimum Gasteiger partial charge on any atom is -0.337 e. The number of aromatic amines is 2. The molecule has 0 spiro atoms. The number of piperidine rings is 1. The van der Waals surface area contributed by atoms with Crippen LogP contribution in [0.2, 0.25) is 0 Å². The van der Waals surface area contributed by atoms with Crippen molar-refractivity contribution in [2.24, 2.45) is 0 Å². The molecule has 2 aromatic heterocycles. The molecule has 3 aromatic rings. The van der Waals surface area contributed by atoms with Crippen LogP contribution in [0, 0.1) is 0 Å². The quantitative estimate of drug-likeness (QED) is 0.753. The Bertz CT molecular complexity index is 930. The molecule has 0 radical (unpaired) electrons. The number of benzene rings is 1. The van der Waals surface area contributed by atoms with Gasteiger partial charge in [-0.15, -0.1) is 11.3 Å². The van der Waals surface area contributed by atoms with E-state index in [0.29, 0.717) is 24.6 Å². The fraction of sp³-hybridized carbons (Fsp3) is 0.294. The molecule has 0 unspecified atom stereocenters. The van der Waals surface area contributed by atoms with Gasteiger partial charge < -0.3 is 4.90 Å². The third-order valence-corrected chi connectivity index (χ3v) is 5.30. The Labute approximate surface area is 147 Å². The van der Waals surface area contributed by atoms with Gasteiger partial charge >= 0.3 is 5.69 Å². The first-order chi connectivity index (χ1) is 12.2. The summed E-state index contributed by atoms with van der Waals surface area (Å²) in [6.07, 6.45) is 1.77. The summed E-state index contributed by atoms with van der Waals surface area (Å²) in [5.74, 6) is 0.585. The average molecular weight is 355 g/mol. The van der Waals surface area contributed by atoms with E-state index in [4.69, 9.17) is 0 Å². The van der Waals surface area contributed by atoms with Crippen molar-refractivity contribution < 1.29 is 4.79 Å². The number of H-pyrrole nitrogens is 2. The average Bonchev–Trinajstić information content (AvgIpc) is 3.31. The Morgan fingerprint density at radius 2 is 2.12 bits per heavy atom. The molecule has 1 fully saturated rings. The maximum atomic E-state index is 13.0. The maximum Gasteiger partial charge on any atom is 0.340 e. The van der Waals surface area contributed by atoms with Crippen molar-refractivity contribution in [2.75, 3.05) is 13.1 Å². The van der Waals surface area contributed by atoms with Gasteiger partial charge in [-0.1, -0.05) is 30.3 Å². The van der Waals surface area contributed by atoms with Crippen molar-refractivity contribution in [3.8, 4) is 10.4 Å². The van der Waals surface area contributed by atoms with Gasteiger partial charge in [-0.2, -0.15) is 5.10 Å². The van der Waals surface area contributed by atoms with Gasteiger partial charge in [-0.05, 0) is 18.4 Å². The van der Waals surface area contributed by atoms with E-state index < -0.39 is 0 Å². The van der Waals surface area contributed by atoms with E-state index >= 15 is 0 Å². The van der Waals surface area contributed by atoms with Crippen molar-refractivity contribution >= 4 is 17.2 Å². The van der Waals surface area contributed by atoms with Crippen molar-refractivity contribution in [1.82, 2.24) is 25.1 Å². The summed E-state index contributed by atoms with van der Waals surface area (Å²) < 4.78 is 0. The van der Waals surface area contributed by atoms with Crippen LogP contribution in [-0.2, 0) is 0 Å². The molecule has 0 saturated carbocycles. The minimum atomic E-state index is -0.315. The van der Waals surface area contributed by atoms with Gasteiger partial charge in [0.25, 0.3) is 5.91 Å². The van der Waals surface area contributed by atoms with E-state index in [1.54, 1.807) is 5.51 Å². The van der Waals surface area contributed by atoms with Crippen LogP contribution < -0.4 is 5.69 Å². The molecule has 128 valence electrons. The number of hydrogen-bond acceptors (Lipinski definition) is 5. The molecular formula is C17H17N5O2S. The number of carbonyl (C=O) groups is 1. The van der Waals surface area contributed by atoms with Crippen molar-refractivity contribution in [2.45, 2.75) is 18.8 Å². The van der Waals surface area contributed by atoms with Gasteiger partial charge in [0.05, 0.1) is 10.4 Å². The Balaban J connectivity index is 1.57. The summed E-state index contributed by atoms with van der Waals surface area (Å²) in [5, 5.41) is 6.41. The smallest absolute Gasteiger partial charge is 0.337 e. The standard InChI is InChI=1S/C17H17N5O2S/c23-16(13-14(25-10-18-13)11-5-2-1-3-6-11)22-8-4-7-12(9-22)15-19-17(24)21-20-15/h1-3,5-6,10,12H,4,7-9H2,(H2,19,20,21,24)/t12-/m1/s1. The highest BCUT2D eigenvalue weighted by Gasteiger charge is 2.29. The van der Waals surface area contributed by atoms with Gasteiger partial charge in [0.2, 0.25) is 0 Å². The number of amides is 1. The normalized spacial score (nSPS) is 17.6. The predicted molar refractivity (Wildman–Crippen MR) is 94.6 cm³/mol. The zero-order chi connectivity index (χ0) is 17.2. The van der Waals surface area contributed by atoms with E-state index in [1.165, 1.54) is 11.3 Å². The SMILES string of the molecule is O=C(c1ncsc1-c1ccccc1)N1CCC[C@@H](c2n[nH]c(=O)[nH]2)C1. The molecule has 7 nitrogen and oxygen atoms in total. The highest BCUT2D eigenvalue weighted by Crippen LogP contribution is 2.30. The van der Waals surface area contributed by atoms with Gasteiger partial charge in [0.1, 0.15) is 11.5 Å². The summed E-state index contributed by atoms with van der Waals surface area (Å²) in [4.78, 5) is 34.0. The van der Waals surface area contributed by atoms with Gasteiger partial charge in [-0.3, -0.25) is 9.78 Å². The monoisotopic (exact) mass is 355 g/mol. The number of thiazole rings is 1. The van der Waals surface area contributed by atoms with E-state index in [2.05, 4.69) is 20.2 Å². The van der Waals surface area contributed by atoms with Crippen LogP contribution in [0.5, 0.6) is 0 Å². The second kappa shape index (κ2) is 6.64. The molecule has 1 aliphatic heterocycles. The van der Waals surface area contributed by atoms with Crippen LogP contribution in [0.4, 0.5) is 0 Å². The Hall–Kier alpha value is -2.74. The van der Waals surface area contributed by atoms with Crippen LogP contribution in [0.3, 0.4) is 0 Å². The summed E-state index contributed by atoms with van der Waals surface area (Å²) in [7, 11) is 0. The number of likely N-dealkylation sites (tertiary alicyclic amines) is 1. The zero-order valence-corrected chi connectivity index (χ0v) is 14.3. The maximum absolute atomic E-state index is 13.0. The van der Waals surface area contributed by atoms with E-state index in [9.17, 15) is 9.59 Å². The fourth-order valence-corrected chi connectivity index (χ4v) is 3.99. The summed E-state index contributed by atoms with van der Waals surface area (Å²) in [5.41, 5.74) is 2.89.